The number of rotatable bonds is 7. The second kappa shape index (κ2) is 8.40. The van der Waals surface area contributed by atoms with Gasteiger partial charge >= 0.3 is 0 Å². The van der Waals surface area contributed by atoms with E-state index in [2.05, 4.69) is 0 Å². The number of carbonyl (C=O) groups excluding carboxylic acids is 3. The molecule has 0 atom stereocenters. The number of nitro groups is 1. The number of amides is 3. The van der Waals surface area contributed by atoms with Gasteiger partial charge in [0.25, 0.3) is 17.5 Å². The van der Waals surface area contributed by atoms with Crippen molar-refractivity contribution in [2.45, 2.75) is 19.4 Å². The number of fused-ring (bicyclic) bond motifs is 1. The van der Waals surface area contributed by atoms with Crippen LogP contribution in [0.25, 0.3) is 0 Å². The highest BCUT2D eigenvalue weighted by Crippen LogP contribution is 2.24. The van der Waals surface area contributed by atoms with E-state index in [0.29, 0.717) is 28.1 Å². The van der Waals surface area contributed by atoms with Gasteiger partial charge in [0.05, 0.1) is 16.1 Å². The number of benzene rings is 2. The van der Waals surface area contributed by atoms with Crippen LogP contribution in [0.3, 0.4) is 0 Å². The van der Waals surface area contributed by atoms with Crippen LogP contribution in [0.2, 0.25) is 5.02 Å². The fourth-order valence-corrected chi connectivity index (χ4v) is 3.34. The summed E-state index contributed by atoms with van der Waals surface area (Å²) in [4.78, 5) is 50.0. The van der Waals surface area contributed by atoms with E-state index < -0.39 is 4.92 Å². The molecular weight excluding hydrogens is 398 g/mol. The van der Waals surface area contributed by atoms with Gasteiger partial charge in [0.15, 0.2) is 0 Å². The Labute approximate surface area is 171 Å². The standard InChI is InChI=1S/C20H18ClN3O5/c1-22(12-13-11-14(24(28)29)8-9-17(13)21)18(25)7-4-10-23-19(26)15-5-2-3-6-16(15)20(23)27/h2-3,5-6,8-9,11H,4,7,10,12H2,1H3. The van der Waals surface area contributed by atoms with Gasteiger partial charge in [-0.1, -0.05) is 23.7 Å². The number of carbonyl (C=O) groups is 3. The first-order valence-electron chi connectivity index (χ1n) is 8.91. The lowest BCUT2D eigenvalue weighted by molar-refractivity contribution is -0.384. The molecule has 3 amide bonds. The monoisotopic (exact) mass is 415 g/mol. The molecular formula is C20H18ClN3O5. The van der Waals surface area contributed by atoms with Crippen LogP contribution in [0.15, 0.2) is 42.5 Å². The number of nitrogens with zero attached hydrogens (tertiary/aromatic N) is 3. The molecule has 0 aliphatic carbocycles. The highest BCUT2D eigenvalue weighted by atomic mass is 35.5. The molecule has 150 valence electrons. The maximum atomic E-state index is 12.4. The summed E-state index contributed by atoms with van der Waals surface area (Å²) < 4.78 is 0. The Balaban J connectivity index is 1.55. The third-order valence-electron chi connectivity index (χ3n) is 4.72. The summed E-state index contributed by atoms with van der Waals surface area (Å²) in [7, 11) is 1.57. The summed E-state index contributed by atoms with van der Waals surface area (Å²) in [6.45, 7) is 0.260. The average Bonchev–Trinajstić information content (AvgIpc) is 2.94. The molecule has 1 aliphatic rings. The largest absolute Gasteiger partial charge is 0.341 e. The third kappa shape index (κ3) is 4.27. The topological polar surface area (TPSA) is 101 Å². The Kier molecular flexibility index (Phi) is 5.93. The summed E-state index contributed by atoms with van der Waals surface area (Å²) in [6.07, 6.45) is 0.438. The number of hydrogen-bond donors (Lipinski definition) is 0. The fraction of sp³-hybridized carbons (Fsp3) is 0.250. The lowest BCUT2D eigenvalue weighted by Gasteiger charge is -2.19. The van der Waals surface area contributed by atoms with Gasteiger partial charge in [-0.2, -0.15) is 0 Å². The molecule has 0 aromatic heterocycles. The van der Waals surface area contributed by atoms with Gasteiger partial charge in [0, 0.05) is 43.7 Å². The molecule has 8 nitrogen and oxygen atoms in total. The van der Waals surface area contributed by atoms with Crippen LogP contribution >= 0.6 is 11.6 Å². The lowest BCUT2D eigenvalue weighted by Crippen LogP contribution is -2.32. The fourth-order valence-electron chi connectivity index (χ4n) is 3.16. The molecule has 0 saturated heterocycles. The highest BCUT2D eigenvalue weighted by molar-refractivity contribution is 6.31. The second-order valence-electron chi connectivity index (χ2n) is 6.69. The summed E-state index contributed by atoms with van der Waals surface area (Å²) in [5.41, 5.74) is 1.12. The quantitative estimate of drug-likeness (QED) is 0.392. The van der Waals surface area contributed by atoms with E-state index in [0.717, 1.165) is 4.90 Å². The van der Waals surface area contributed by atoms with Gasteiger partial charge < -0.3 is 4.90 Å². The molecule has 1 heterocycles. The predicted octanol–water partition coefficient (Wildman–Crippen LogP) is 3.28. The number of halogens is 1. The van der Waals surface area contributed by atoms with Crippen molar-refractivity contribution in [3.8, 4) is 0 Å². The Bertz CT molecular complexity index is 972. The molecule has 0 spiro atoms. The highest BCUT2D eigenvalue weighted by Gasteiger charge is 2.34. The summed E-state index contributed by atoms with van der Waals surface area (Å²) in [6, 6.07) is 10.7. The van der Waals surface area contributed by atoms with Gasteiger partial charge in [0.1, 0.15) is 0 Å². The van der Waals surface area contributed by atoms with Crippen molar-refractivity contribution in [2.75, 3.05) is 13.6 Å². The van der Waals surface area contributed by atoms with Crippen LogP contribution in [0.1, 0.15) is 39.1 Å². The van der Waals surface area contributed by atoms with Crippen molar-refractivity contribution in [1.82, 2.24) is 9.80 Å². The zero-order valence-corrected chi connectivity index (χ0v) is 16.4. The van der Waals surface area contributed by atoms with Crippen molar-refractivity contribution < 1.29 is 19.3 Å². The van der Waals surface area contributed by atoms with E-state index in [1.54, 1.807) is 31.3 Å². The molecule has 9 heteroatoms. The predicted molar refractivity (Wildman–Crippen MR) is 106 cm³/mol. The number of non-ortho nitro benzene ring substituents is 1. The molecule has 0 bridgehead atoms. The Hall–Kier alpha value is -3.26. The molecule has 0 saturated carbocycles. The van der Waals surface area contributed by atoms with E-state index in [4.69, 9.17) is 11.6 Å². The van der Waals surface area contributed by atoms with Crippen LogP contribution in [-0.4, -0.2) is 46.0 Å². The van der Waals surface area contributed by atoms with Gasteiger partial charge in [-0.3, -0.25) is 29.4 Å². The Morgan fingerprint density at radius 3 is 2.34 bits per heavy atom. The Morgan fingerprint density at radius 1 is 1.14 bits per heavy atom. The molecule has 2 aromatic rings. The molecule has 3 rings (SSSR count). The van der Waals surface area contributed by atoms with Crippen LogP contribution in [-0.2, 0) is 11.3 Å². The van der Waals surface area contributed by atoms with Crippen molar-refractivity contribution in [3.05, 3.63) is 74.3 Å². The molecule has 1 aliphatic heterocycles. The van der Waals surface area contributed by atoms with Gasteiger partial charge in [-0.15, -0.1) is 0 Å². The SMILES string of the molecule is CN(Cc1cc([N+](=O)[O-])ccc1Cl)C(=O)CCCN1C(=O)c2ccccc2C1=O. The first kappa shape index (κ1) is 20.5. The number of imide groups is 1. The van der Waals surface area contributed by atoms with E-state index in [9.17, 15) is 24.5 Å². The minimum absolute atomic E-state index is 0.101. The zero-order chi connectivity index (χ0) is 21.1. The molecule has 2 aromatic carbocycles. The minimum atomic E-state index is -0.524. The number of hydrogen-bond acceptors (Lipinski definition) is 5. The van der Waals surface area contributed by atoms with Gasteiger partial charge in [-0.05, 0) is 30.2 Å². The Morgan fingerprint density at radius 2 is 1.76 bits per heavy atom. The lowest BCUT2D eigenvalue weighted by atomic mass is 10.1. The first-order valence-corrected chi connectivity index (χ1v) is 9.29. The molecule has 0 unspecified atom stereocenters. The number of nitro benzene ring substituents is 1. The summed E-state index contributed by atoms with van der Waals surface area (Å²) in [5, 5.41) is 11.2. The zero-order valence-electron chi connectivity index (χ0n) is 15.6. The van der Waals surface area contributed by atoms with Crippen LogP contribution in [0.4, 0.5) is 5.69 Å². The minimum Gasteiger partial charge on any atom is -0.341 e. The third-order valence-corrected chi connectivity index (χ3v) is 5.09. The first-order chi connectivity index (χ1) is 13.8. The second-order valence-corrected chi connectivity index (χ2v) is 7.10. The van der Waals surface area contributed by atoms with Gasteiger partial charge in [-0.25, -0.2) is 0 Å². The van der Waals surface area contributed by atoms with Gasteiger partial charge in [0.2, 0.25) is 5.91 Å². The van der Waals surface area contributed by atoms with E-state index in [-0.39, 0.29) is 42.9 Å². The molecule has 0 fully saturated rings. The maximum Gasteiger partial charge on any atom is 0.269 e. The maximum absolute atomic E-state index is 12.4. The summed E-state index contributed by atoms with van der Waals surface area (Å²) >= 11 is 6.07. The van der Waals surface area contributed by atoms with Crippen LogP contribution in [0, 0.1) is 10.1 Å². The molecule has 29 heavy (non-hydrogen) atoms. The summed E-state index contributed by atoms with van der Waals surface area (Å²) in [5.74, 6) is -0.922. The van der Waals surface area contributed by atoms with Crippen molar-refractivity contribution in [1.29, 1.82) is 0 Å². The smallest absolute Gasteiger partial charge is 0.269 e. The van der Waals surface area contributed by atoms with Crippen molar-refractivity contribution in [2.24, 2.45) is 0 Å². The van der Waals surface area contributed by atoms with Crippen LogP contribution in [0.5, 0.6) is 0 Å². The van der Waals surface area contributed by atoms with E-state index in [1.165, 1.54) is 23.1 Å². The van der Waals surface area contributed by atoms with E-state index >= 15 is 0 Å². The average molecular weight is 416 g/mol. The van der Waals surface area contributed by atoms with Crippen LogP contribution < -0.4 is 0 Å². The van der Waals surface area contributed by atoms with E-state index in [1.807, 2.05) is 0 Å². The normalized spacial score (nSPS) is 12.8. The van der Waals surface area contributed by atoms with Crippen molar-refractivity contribution in [3.63, 3.8) is 0 Å². The molecule has 0 N–H and O–H groups in total. The molecule has 0 radical (unpaired) electrons. The van der Waals surface area contributed by atoms with Crippen molar-refractivity contribution >= 4 is 35.0 Å².